The van der Waals surface area contributed by atoms with Gasteiger partial charge in [-0.25, -0.2) is 9.59 Å². The Labute approximate surface area is 204 Å². The standard InChI is InChI=1S/C28H29NO6/c1-4-15-29(28(2,26(31)32)18-13-14-24(30)25(16-18)34-3)27(33)35-17-23-21-11-7-5-9-19(21)20-10-6-8-12-22(20)23/h5-14,16,23,30H,4,15,17H2,1-3H3,(H,31,32). The molecule has 1 aliphatic carbocycles. The summed E-state index contributed by atoms with van der Waals surface area (Å²) < 4.78 is 11.0. The molecule has 7 heteroatoms. The van der Waals surface area contributed by atoms with Crippen molar-refractivity contribution in [3.05, 3.63) is 83.4 Å². The van der Waals surface area contributed by atoms with Gasteiger partial charge in [-0.1, -0.05) is 61.5 Å². The second-order valence-electron chi connectivity index (χ2n) is 8.72. The molecule has 3 aromatic rings. The summed E-state index contributed by atoms with van der Waals surface area (Å²) in [5.74, 6) is -1.35. The van der Waals surface area contributed by atoms with Crippen molar-refractivity contribution in [2.24, 2.45) is 0 Å². The van der Waals surface area contributed by atoms with E-state index >= 15 is 0 Å². The van der Waals surface area contributed by atoms with Gasteiger partial charge in [0.15, 0.2) is 17.0 Å². The van der Waals surface area contributed by atoms with Crippen LogP contribution in [0.1, 0.15) is 42.9 Å². The van der Waals surface area contributed by atoms with Crippen LogP contribution in [0.3, 0.4) is 0 Å². The first kappa shape index (κ1) is 24.1. The van der Waals surface area contributed by atoms with Gasteiger partial charge in [0.25, 0.3) is 0 Å². The number of ether oxygens (including phenoxy) is 2. The number of amides is 1. The van der Waals surface area contributed by atoms with Crippen LogP contribution in [0, 0.1) is 0 Å². The van der Waals surface area contributed by atoms with Crippen molar-refractivity contribution >= 4 is 12.1 Å². The number of rotatable bonds is 8. The molecule has 0 heterocycles. The average Bonchev–Trinajstić information content (AvgIpc) is 3.19. The molecule has 3 aromatic carbocycles. The van der Waals surface area contributed by atoms with E-state index in [1.54, 1.807) is 0 Å². The van der Waals surface area contributed by atoms with Crippen LogP contribution in [0.5, 0.6) is 11.5 Å². The number of carboxylic acid groups (broad SMARTS) is 1. The van der Waals surface area contributed by atoms with Gasteiger partial charge in [-0.2, -0.15) is 0 Å². The number of phenolic OH excluding ortho intramolecular Hbond substituents is 1. The number of hydrogen-bond donors (Lipinski definition) is 2. The van der Waals surface area contributed by atoms with Crippen LogP contribution in [-0.4, -0.2) is 47.4 Å². The van der Waals surface area contributed by atoms with Gasteiger partial charge in [0.1, 0.15) is 6.61 Å². The molecule has 182 valence electrons. The normalized spacial score (nSPS) is 13.9. The summed E-state index contributed by atoms with van der Waals surface area (Å²) in [7, 11) is 1.38. The number of aliphatic carboxylic acids is 1. The van der Waals surface area contributed by atoms with Gasteiger partial charge < -0.3 is 19.7 Å². The maximum atomic E-state index is 13.4. The number of carbonyl (C=O) groups excluding carboxylic acids is 1. The van der Waals surface area contributed by atoms with E-state index < -0.39 is 17.6 Å². The summed E-state index contributed by atoms with van der Waals surface area (Å²) in [4.78, 5) is 27.2. The lowest BCUT2D eigenvalue weighted by Crippen LogP contribution is -2.53. The number of hydrogen-bond acceptors (Lipinski definition) is 5. The zero-order valence-electron chi connectivity index (χ0n) is 20.0. The maximum absolute atomic E-state index is 13.4. The highest BCUT2D eigenvalue weighted by molar-refractivity contribution is 5.86. The Morgan fingerprint density at radius 3 is 2.14 bits per heavy atom. The van der Waals surface area contributed by atoms with E-state index in [0.717, 1.165) is 22.3 Å². The second kappa shape index (κ2) is 9.70. The quantitative estimate of drug-likeness (QED) is 0.455. The van der Waals surface area contributed by atoms with E-state index in [4.69, 9.17) is 9.47 Å². The number of fused-ring (bicyclic) bond motifs is 3. The number of methoxy groups -OCH3 is 1. The van der Waals surface area contributed by atoms with Crippen molar-refractivity contribution in [2.45, 2.75) is 31.7 Å². The number of carbonyl (C=O) groups is 2. The number of benzene rings is 3. The molecule has 1 atom stereocenters. The number of nitrogens with zero attached hydrogens (tertiary/aromatic N) is 1. The zero-order chi connectivity index (χ0) is 25.2. The molecule has 1 aliphatic rings. The lowest BCUT2D eigenvalue weighted by molar-refractivity contribution is -0.150. The summed E-state index contributed by atoms with van der Waals surface area (Å²) in [6, 6.07) is 20.3. The fourth-order valence-corrected chi connectivity index (χ4v) is 4.77. The van der Waals surface area contributed by atoms with E-state index in [1.165, 1.54) is 37.1 Å². The number of phenols is 1. The van der Waals surface area contributed by atoms with Gasteiger partial charge in [-0.3, -0.25) is 4.90 Å². The van der Waals surface area contributed by atoms with Crippen LogP contribution in [0.4, 0.5) is 4.79 Å². The Bertz CT molecular complexity index is 1210. The third-order valence-electron chi connectivity index (χ3n) is 6.70. The molecule has 0 aromatic heterocycles. The van der Waals surface area contributed by atoms with Gasteiger partial charge in [0.05, 0.1) is 7.11 Å². The molecule has 1 unspecified atom stereocenters. The first-order valence-corrected chi connectivity index (χ1v) is 11.6. The predicted molar refractivity (Wildman–Crippen MR) is 132 cm³/mol. The highest BCUT2D eigenvalue weighted by Crippen LogP contribution is 2.44. The third kappa shape index (κ3) is 4.18. The predicted octanol–water partition coefficient (Wildman–Crippen LogP) is 5.36. The van der Waals surface area contributed by atoms with Crippen molar-refractivity contribution in [2.75, 3.05) is 20.3 Å². The molecule has 4 rings (SSSR count). The molecule has 7 nitrogen and oxygen atoms in total. The van der Waals surface area contributed by atoms with Gasteiger partial charge in [-0.15, -0.1) is 0 Å². The van der Waals surface area contributed by atoms with Crippen molar-refractivity contribution in [3.8, 4) is 22.6 Å². The largest absolute Gasteiger partial charge is 0.504 e. The van der Waals surface area contributed by atoms with Crippen LogP contribution in [0.15, 0.2) is 66.7 Å². The Morgan fingerprint density at radius 1 is 1.00 bits per heavy atom. The minimum Gasteiger partial charge on any atom is -0.504 e. The van der Waals surface area contributed by atoms with Crippen molar-refractivity contribution in [1.82, 2.24) is 4.90 Å². The maximum Gasteiger partial charge on any atom is 0.411 e. The Morgan fingerprint density at radius 2 is 1.60 bits per heavy atom. The molecule has 0 fully saturated rings. The van der Waals surface area contributed by atoms with Crippen LogP contribution >= 0.6 is 0 Å². The van der Waals surface area contributed by atoms with Crippen LogP contribution < -0.4 is 4.74 Å². The molecule has 2 N–H and O–H groups in total. The van der Waals surface area contributed by atoms with E-state index in [2.05, 4.69) is 12.1 Å². The average molecular weight is 476 g/mol. The highest BCUT2D eigenvalue weighted by Gasteiger charge is 2.45. The fraction of sp³-hybridized carbons (Fsp3) is 0.286. The monoisotopic (exact) mass is 475 g/mol. The van der Waals surface area contributed by atoms with Gasteiger partial charge in [-0.05, 0) is 53.3 Å². The number of carboxylic acids is 1. The van der Waals surface area contributed by atoms with E-state index in [1.807, 2.05) is 43.3 Å². The SMILES string of the molecule is CCCN(C(=O)OCC1c2ccccc2-c2ccccc21)C(C)(C(=O)O)c1ccc(O)c(OC)c1. The summed E-state index contributed by atoms with van der Waals surface area (Å²) in [5, 5.41) is 20.2. The molecular formula is C28H29NO6. The third-order valence-corrected chi connectivity index (χ3v) is 6.70. The number of aromatic hydroxyl groups is 1. The van der Waals surface area contributed by atoms with Crippen molar-refractivity contribution < 1.29 is 29.3 Å². The lowest BCUT2D eigenvalue weighted by Gasteiger charge is -2.37. The molecule has 1 amide bonds. The zero-order valence-corrected chi connectivity index (χ0v) is 20.0. The minimum absolute atomic E-state index is 0.0850. The van der Waals surface area contributed by atoms with E-state index in [0.29, 0.717) is 12.0 Å². The Balaban J connectivity index is 1.64. The first-order valence-electron chi connectivity index (χ1n) is 11.6. The van der Waals surface area contributed by atoms with Crippen LogP contribution in [0.2, 0.25) is 0 Å². The van der Waals surface area contributed by atoms with E-state index in [-0.39, 0.29) is 30.6 Å². The molecule has 0 radical (unpaired) electrons. The molecule has 0 saturated heterocycles. The van der Waals surface area contributed by atoms with Crippen LogP contribution in [-0.2, 0) is 15.1 Å². The molecular weight excluding hydrogens is 446 g/mol. The second-order valence-corrected chi connectivity index (χ2v) is 8.72. The highest BCUT2D eigenvalue weighted by atomic mass is 16.6. The smallest absolute Gasteiger partial charge is 0.411 e. The fourth-order valence-electron chi connectivity index (χ4n) is 4.77. The molecule has 35 heavy (non-hydrogen) atoms. The molecule has 0 saturated carbocycles. The van der Waals surface area contributed by atoms with E-state index in [9.17, 15) is 19.8 Å². The van der Waals surface area contributed by atoms with Gasteiger partial charge >= 0.3 is 12.1 Å². The van der Waals surface area contributed by atoms with Crippen LogP contribution in [0.25, 0.3) is 11.1 Å². The molecule has 0 bridgehead atoms. The Kier molecular flexibility index (Phi) is 6.69. The van der Waals surface area contributed by atoms with Crippen molar-refractivity contribution in [1.29, 1.82) is 0 Å². The van der Waals surface area contributed by atoms with Gasteiger partial charge in [0.2, 0.25) is 0 Å². The molecule has 0 spiro atoms. The summed E-state index contributed by atoms with van der Waals surface area (Å²) in [6.07, 6.45) is -0.187. The van der Waals surface area contributed by atoms with Gasteiger partial charge in [0, 0.05) is 12.5 Å². The molecule has 0 aliphatic heterocycles. The summed E-state index contributed by atoms with van der Waals surface area (Å²) >= 11 is 0. The summed E-state index contributed by atoms with van der Waals surface area (Å²) in [6.45, 7) is 3.58. The Hall–Kier alpha value is -4.00. The topological polar surface area (TPSA) is 96.3 Å². The lowest BCUT2D eigenvalue weighted by atomic mass is 9.89. The minimum atomic E-state index is -1.74. The summed E-state index contributed by atoms with van der Waals surface area (Å²) in [5.41, 5.74) is 2.93. The first-order chi connectivity index (χ1) is 16.8. The van der Waals surface area contributed by atoms with Crippen molar-refractivity contribution in [3.63, 3.8) is 0 Å².